The van der Waals surface area contributed by atoms with E-state index in [1.165, 1.54) is 30.6 Å². The van der Waals surface area contributed by atoms with Crippen LogP contribution in [0.5, 0.6) is 11.5 Å². The van der Waals surface area contributed by atoms with Crippen molar-refractivity contribution in [1.82, 2.24) is 4.31 Å². The number of methoxy groups -OCH3 is 1. The van der Waals surface area contributed by atoms with Crippen molar-refractivity contribution in [3.05, 3.63) is 77.9 Å². The molecular formula is C24H22N2O6S. The Morgan fingerprint density at radius 3 is 2.45 bits per heavy atom. The number of rotatable bonds is 9. The zero-order chi connectivity index (χ0) is 24.0. The number of ether oxygens (including phenoxy) is 2. The van der Waals surface area contributed by atoms with Gasteiger partial charge >= 0.3 is 5.97 Å². The highest BCUT2D eigenvalue weighted by molar-refractivity contribution is 7.89. The van der Waals surface area contributed by atoms with Gasteiger partial charge in [0.25, 0.3) is 0 Å². The molecule has 3 aromatic rings. The summed E-state index contributed by atoms with van der Waals surface area (Å²) in [5, 5.41) is 18.2. The minimum atomic E-state index is -3.76. The first-order valence-corrected chi connectivity index (χ1v) is 11.3. The van der Waals surface area contributed by atoms with E-state index in [0.717, 1.165) is 0 Å². The molecule has 0 aliphatic rings. The second kappa shape index (κ2) is 10.2. The van der Waals surface area contributed by atoms with Crippen molar-refractivity contribution in [2.75, 3.05) is 20.8 Å². The molecule has 0 bridgehead atoms. The maximum Gasteiger partial charge on any atom is 0.341 e. The third-order valence-electron chi connectivity index (χ3n) is 4.87. The van der Waals surface area contributed by atoms with Gasteiger partial charge in [0, 0.05) is 19.2 Å². The quantitative estimate of drug-likeness (QED) is 0.513. The SMILES string of the molecule is COc1ccc(S(=O)(=O)N(C)Cc2ccc(OCC(=O)O)c(-c3cccc(C#N)c3)c2)cc1. The molecule has 0 saturated heterocycles. The number of hydrogen-bond acceptors (Lipinski definition) is 6. The van der Waals surface area contributed by atoms with Crippen LogP contribution in [0.15, 0.2) is 71.6 Å². The lowest BCUT2D eigenvalue weighted by Gasteiger charge is -2.19. The largest absolute Gasteiger partial charge is 0.497 e. The number of sulfonamides is 1. The van der Waals surface area contributed by atoms with Crippen molar-refractivity contribution < 1.29 is 27.8 Å². The zero-order valence-corrected chi connectivity index (χ0v) is 18.9. The minimum Gasteiger partial charge on any atom is -0.497 e. The number of carbonyl (C=O) groups is 1. The van der Waals surface area contributed by atoms with Crippen LogP contribution in [0.25, 0.3) is 11.1 Å². The molecule has 0 radical (unpaired) electrons. The molecule has 9 heteroatoms. The van der Waals surface area contributed by atoms with E-state index < -0.39 is 22.6 Å². The highest BCUT2D eigenvalue weighted by Crippen LogP contribution is 2.32. The van der Waals surface area contributed by atoms with Crippen molar-refractivity contribution in [3.8, 4) is 28.7 Å². The molecule has 0 aromatic heterocycles. The lowest BCUT2D eigenvalue weighted by Crippen LogP contribution is -2.26. The second-order valence-corrected chi connectivity index (χ2v) is 9.19. The Morgan fingerprint density at radius 1 is 1.09 bits per heavy atom. The van der Waals surface area contributed by atoms with E-state index in [1.54, 1.807) is 54.6 Å². The van der Waals surface area contributed by atoms with E-state index in [4.69, 9.17) is 14.6 Å². The fourth-order valence-electron chi connectivity index (χ4n) is 3.19. The maximum absolute atomic E-state index is 13.0. The predicted octanol–water partition coefficient (Wildman–Crippen LogP) is 3.52. The number of aliphatic carboxylic acids is 1. The number of benzene rings is 3. The van der Waals surface area contributed by atoms with E-state index in [0.29, 0.717) is 33.8 Å². The van der Waals surface area contributed by atoms with Gasteiger partial charge in [-0.25, -0.2) is 13.2 Å². The number of carboxylic acid groups (broad SMARTS) is 1. The van der Waals surface area contributed by atoms with Gasteiger partial charge in [0.1, 0.15) is 11.5 Å². The van der Waals surface area contributed by atoms with Crippen molar-refractivity contribution in [1.29, 1.82) is 5.26 Å². The van der Waals surface area contributed by atoms with Crippen molar-refractivity contribution >= 4 is 16.0 Å². The van der Waals surface area contributed by atoms with Gasteiger partial charge in [0.05, 0.1) is 23.6 Å². The Hall–Kier alpha value is -3.87. The normalized spacial score (nSPS) is 11.1. The average Bonchev–Trinajstić information content (AvgIpc) is 2.83. The third-order valence-corrected chi connectivity index (χ3v) is 6.69. The lowest BCUT2D eigenvalue weighted by molar-refractivity contribution is -0.139. The van der Waals surface area contributed by atoms with Gasteiger partial charge < -0.3 is 14.6 Å². The van der Waals surface area contributed by atoms with Gasteiger partial charge in [0.15, 0.2) is 6.61 Å². The molecule has 0 unspecified atom stereocenters. The van der Waals surface area contributed by atoms with E-state index >= 15 is 0 Å². The summed E-state index contributed by atoms with van der Waals surface area (Å²) < 4.78 is 37.7. The summed E-state index contributed by atoms with van der Waals surface area (Å²) in [6.45, 7) is -0.464. The first-order valence-electron chi connectivity index (χ1n) is 9.83. The van der Waals surface area contributed by atoms with Gasteiger partial charge in [-0.1, -0.05) is 18.2 Å². The van der Waals surface area contributed by atoms with Gasteiger partial charge in [-0.3, -0.25) is 0 Å². The average molecular weight is 467 g/mol. The number of hydrogen-bond donors (Lipinski definition) is 1. The van der Waals surface area contributed by atoms with E-state index in [1.807, 2.05) is 0 Å². The topological polar surface area (TPSA) is 117 Å². The number of carboxylic acids is 1. The third kappa shape index (κ3) is 5.68. The Morgan fingerprint density at radius 2 is 1.82 bits per heavy atom. The fraction of sp³-hybridized carbons (Fsp3) is 0.167. The zero-order valence-electron chi connectivity index (χ0n) is 18.1. The molecule has 1 N–H and O–H groups in total. The van der Waals surface area contributed by atoms with Crippen molar-refractivity contribution in [2.24, 2.45) is 0 Å². The van der Waals surface area contributed by atoms with Crippen LogP contribution in [0.2, 0.25) is 0 Å². The first-order chi connectivity index (χ1) is 15.7. The van der Waals surface area contributed by atoms with E-state index in [9.17, 15) is 18.5 Å². The Balaban J connectivity index is 1.94. The predicted molar refractivity (Wildman–Crippen MR) is 121 cm³/mol. The molecule has 8 nitrogen and oxygen atoms in total. The molecule has 0 amide bonds. The smallest absolute Gasteiger partial charge is 0.341 e. The molecule has 0 aliphatic carbocycles. The van der Waals surface area contributed by atoms with Crippen molar-refractivity contribution in [2.45, 2.75) is 11.4 Å². The van der Waals surface area contributed by atoms with Crippen LogP contribution in [0.4, 0.5) is 0 Å². The molecule has 3 aromatic carbocycles. The van der Waals surface area contributed by atoms with Crippen LogP contribution in [0.1, 0.15) is 11.1 Å². The maximum atomic E-state index is 13.0. The minimum absolute atomic E-state index is 0.0680. The lowest BCUT2D eigenvalue weighted by atomic mass is 10.00. The summed E-state index contributed by atoms with van der Waals surface area (Å²) in [6.07, 6.45) is 0. The molecule has 33 heavy (non-hydrogen) atoms. The van der Waals surface area contributed by atoms with Crippen LogP contribution >= 0.6 is 0 Å². The first kappa shape index (κ1) is 23.8. The molecule has 0 saturated carbocycles. The monoisotopic (exact) mass is 466 g/mol. The van der Waals surface area contributed by atoms with Crippen LogP contribution in [0.3, 0.4) is 0 Å². The number of nitrogens with zero attached hydrogens (tertiary/aromatic N) is 2. The summed E-state index contributed by atoms with van der Waals surface area (Å²) >= 11 is 0. The van der Waals surface area contributed by atoms with Crippen LogP contribution in [0, 0.1) is 11.3 Å². The molecule has 0 atom stereocenters. The van der Waals surface area contributed by atoms with Gasteiger partial charge in [-0.15, -0.1) is 0 Å². The summed E-state index contributed by atoms with van der Waals surface area (Å²) in [6, 6.07) is 20.0. The van der Waals surface area contributed by atoms with Crippen LogP contribution in [-0.2, 0) is 21.4 Å². The molecule has 0 fully saturated rings. The molecule has 0 spiro atoms. The van der Waals surface area contributed by atoms with E-state index in [2.05, 4.69) is 6.07 Å². The highest BCUT2D eigenvalue weighted by atomic mass is 32.2. The molecule has 0 heterocycles. The molecule has 3 rings (SSSR count). The summed E-state index contributed by atoms with van der Waals surface area (Å²) in [4.78, 5) is 11.1. The highest BCUT2D eigenvalue weighted by Gasteiger charge is 2.21. The molecule has 170 valence electrons. The second-order valence-electron chi connectivity index (χ2n) is 7.14. The molecule has 0 aliphatic heterocycles. The van der Waals surface area contributed by atoms with Gasteiger partial charge in [-0.05, 0) is 59.7 Å². The van der Waals surface area contributed by atoms with Crippen molar-refractivity contribution in [3.63, 3.8) is 0 Å². The Kier molecular flexibility index (Phi) is 7.33. The number of nitriles is 1. The Bertz CT molecular complexity index is 1300. The standard InChI is InChI=1S/C24H22N2O6S/c1-26(33(29,30)21-9-7-20(31-2)8-10-21)15-18-6-11-23(32-16-24(27)28)22(13-18)19-5-3-4-17(12-19)14-25/h3-13H,15-16H2,1-2H3,(H,27,28). The van der Waals surface area contributed by atoms with Crippen LogP contribution < -0.4 is 9.47 Å². The summed E-state index contributed by atoms with van der Waals surface area (Å²) in [5.74, 6) is -0.254. The van der Waals surface area contributed by atoms with E-state index in [-0.39, 0.29) is 11.4 Å². The molecular weight excluding hydrogens is 444 g/mol. The fourth-order valence-corrected chi connectivity index (χ4v) is 4.35. The van der Waals surface area contributed by atoms with Crippen LogP contribution in [-0.4, -0.2) is 44.6 Å². The summed E-state index contributed by atoms with van der Waals surface area (Å²) in [5.41, 5.74) is 2.30. The Labute approximate surface area is 192 Å². The van der Waals surface area contributed by atoms with Gasteiger partial charge in [0.2, 0.25) is 10.0 Å². The van der Waals surface area contributed by atoms with Gasteiger partial charge in [-0.2, -0.15) is 9.57 Å². The summed E-state index contributed by atoms with van der Waals surface area (Å²) in [7, 11) is -0.776.